The normalized spacial score (nSPS) is 19.2. The first kappa shape index (κ1) is 11.5. The molecular weight excluding hydrogens is 222 g/mol. The maximum Gasteiger partial charge on any atom is 0.154 e. The van der Waals surface area contributed by atoms with Crippen molar-refractivity contribution in [3.8, 4) is 0 Å². The molecule has 1 aliphatic heterocycles. The molecule has 16 heavy (non-hydrogen) atoms. The van der Waals surface area contributed by atoms with Crippen LogP contribution < -0.4 is 4.90 Å². The number of carbonyl (C=O) groups is 1. The van der Waals surface area contributed by atoms with Crippen molar-refractivity contribution < 1.29 is 4.79 Å². The van der Waals surface area contributed by atoms with Crippen LogP contribution in [-0.4, -0.2) is 17.9 Å². The number of nitrogens with zero attached hydrogens (tertiary/aromatic N) is 1. The van der Waals surface area contributed by atoms with Gasteiger partial charge in [-0.2, -0.15) is 0 Å². The Morgan fingerprint density at radius 3 is 2.56 bits per heavy atom. The molecule has 0 aromatic heterocycles. The van der Waals surface area contributed by atoms with Gasteiger partial charge < -0.3 is 4.90 Å². The topological polar surface area (TPSA) is 20.3 Å². The van der Waals surface area contributed by atoms with Gasteiger partial charge in [-0.1, -0.05) is 17.7 Å². The summed E-state index contributed by atoms with van der Waals surface area (Å²) in [6.07, 6.45) is 0.610. The van der Waals surface area contributed by atoms with E-state index in [2.05, 4.69) is 18.7 Å². The summed E-state index contributed by atoms with van der Waals surface area (Å²) in [4.78, 5) is 13.6. The molecule has 1 aromatic carbocycles. The average Bonchev–Trinajstić information content (AvgIpc) is 2.44. The van der Waals surface area contributed by atoms with Gasteiger partial charge in [-0.3, -0.25) is 4.79 Å². The maximum atomic E-state index is 11.5. The van der Waals surface area contributed by atoms with E-state index in [1.165, 1.54) is 0 Å². The molecule has 0 radical (unpaired) electrons. The predicted molar refractivity (Wildman–Crippen MR) is 67.2 cm³/mol. The highest BCUT2D eigenvalue weighted by atomic mass is 35.5. The number of benzene rings is 1. The Morgan fingerprint density at radius 1 is 1.38 bits per heavy atom. The van der Waals surface area contributed by atoms with Crippen molar-refractivity contribution in [2.75, 3.05) is 11.4 Å². The minimum absolute atomic E-state index is 0.102. The fourth-order valence-corrected chi connectivity index (χ4v) is 2.39. The molecule has 2 nitrogen and oxygen atoms in total. The van der Waals surface area contributed by atoms with Crippen LogP contribution in [0.25, 0.3) is 0 Å². The van der Waals surface area contributed by atoms with Gasteiger partial charge in [0.15, 0.2) is 5.78 Å². The number of halogens is 1. The number of anilines is 1. The summed E-state index contributed by atoms with van der Waals surface area (Å²) >= 11 is 6.11. The molecule has 1 aromatic rings. The van der Waals surface area contributed by atoms with Gasteiger partial charge in [0.2, 0.25) is 0 Å². The van der Waals surface area contributed by atoms with Crippen LogP contribution in [0.3, 0.4) is 0 Å². The lowest BCUT2D eigenvalue weighted by atomic mass is 10.0. The van der Waals surface area contributed by atoms with E-state index in [9.17, 15) is 4.79 Å². The molecule has 0 spiro atoms. The minimum Gasteiger partial charge on any atom is -0.359 e. The van der Waals surface area contributed by atoms with Crippen LogP contribution in [0.2, 0.25) is 5.02 Å². The molecule has 1 aliphatic rings. The fourth-order valence-electron chi connectivity index (χ4n) is 2.21. The van der Waals surface area contributed by atoms with E-state index >= 15 is 0 Å². The zero-order valence-corrected chi connectivity index (χ0v) is 10.6. The number of hydrogen-bond acceptors (Lipinski definition) is 2. The first-order valence-corrected chi connectivity index (χ1v) is 5.83. The molecule has 0 aliphatic carbocycles. The standard InChI is InChI=1S/C13H16ClNO/c1-9-4-5-10(6-12(9)14)15-8-11(16)7-13(15,2)3/h4-6H,7-8H2,1-3H3. The zero-order valence-electron chi connectivity index (χ0n) is 9.88. The summed E-state index contributed by atoms with van der Waals surface area (Å²) in [6, 6.07) is 5.97. The SMILES string of the molecule is Cc1ccc(N2CC(=O)CC2(C)C)cc1Cl. The molecular formula is C13H16ClNO. The van der Waals surface area contributed by atoms with Crippen LogP contribution in [0.4, 0.5) is 5.69 Å². The van der Waals surface area contributed by atoms with Gasteiger partial charge in [0.25, 0.3) is 0 Å². The first-order valence-electron chi connectivity index (χ1n) is 5.46. The number of aryl methyl sites for hydroxylation is 1. The highest BCUT2D eigenvalue weighted by molar-refractivity contribution is 6.31. The summed E-state index contributed by atoms with van der Waals surface area (Å²) in [7, 11) is 0. The number of rotatable bonds is 1. The lowest BCUT2D eigenvalue weighted by molar-refractivity contribution is -0.116. The Labute approximate surface area is 101 Å². The molecule has 0 unspecified atom stereocenters. The van der Waals surface area contributed by atoms with Crippen molar-refractivity contribution in [1.82, 2.24) is 0 Å². The summed E-state index contributed by atoms with van der Waals surface area (Å²) in [6.45, 7) is 6.65. The highest BCUT2D eigenvalue weighted by Gasteiger charge is 2.37. The predicted octanol–water partition coefficient (Wildman–Crippen LogP) is 3.21. The van der Waals surface area contributed by atoms with E-state index in [-0.39, 0.29) is 5.54 Å². The third-order valence-electron chi connectivity index (χ3n) is 3.16. The second kappa shape index (κ2) is 3.77. The van der Waals surface area contributed by atoms with Crippen molar-refractivity contribution in [2.24, 2.45) is 0 Å². The molecule has 0 bridgehead atoms. The Balaban J connectivity index is 2.37. The smallest absolute Gasteiger partial charge is 0.154 e. The van der Waals surface area contributed by atoms with Crippen molar-refractivity contribution in [1.29, 1.82) is 0 Å². The average molecular weight is 238 g/mol. The largest absolute Gasteiger partial charge is 0.359 e. The summed E-state index contributed by atoms with van der Waals surface area (Å²) in [5.74, 6) is 0.293. The van der Waals surface area contributed by atoms with Crippen molar-refractivity contribution in [3.05, 3.63) is 28.8 Å². The van der Waals surface area contributed by atoms with Crippen molar-refractivity contribution >= 4 is 23.1 Å². The molecule has 0 saturated carbocycles. The lowest BCUT2D eigenvalue weighted by Crippen LogP contribution is -2.38. The van der Waals surface area contributed by atoms with Gasteiger partial charge in [-0.25, -0.2) is 0 Å². The molecule has 0 amide bonds. The number of carbonyl (C=O) groups excluding carboxylic acids is 1. The number of Topliss-reactive ketones (excluding diaryl/α,β-unsaturated/α-hetero) is 1. The third-order valence-corrected chi connectivity index (χ3v) is 3.57. The monoisotopic (exact) mass is 237 g/mol. The molecule has 1 heterocycles. The Hall–Kier alpha value is -1.02. The van der Waals surface area contributed by atoms with Crippen LogP contribution in [0.1, 0.15) is 25.8 Å². The molecule has 2 rings (SSSR count). The molecule has 3 heteroatoms. The fraction of sp³-hybridized carbons (Fsp3) is 0.462. The molecule has 1 saturated heterocycles. The Kier molecular flexibility index (Phi) is 2.70. The maximum absolute atomic E-state index is 11.5. The quantitative estimate of drug-likeness (QED) is 0.748. The summed E-state index contributed by atoms with van der Waals surface area (Å²) in [5.41, 5.74) is 2.00. The van der Waals surface area contributed by atoms with Crippen LogP contribution in [0.15, 0.2) is 18.2 Å². The Bertz CT molecular complexity index is 440. The van der Waals surface area contributed by atoms with Gasteiger partial charge in [-0.15, -0.1) is 0 Å². The lowest BCUT2D eigenvalue weighted by Gasteiger charge is -2.32. The van der Waals surface area contributed by atoms with Gasteiger partial charge >= 0.3 is 0 Å². The van der Waals surface area contributed by atoms with Gasteiger partial charge in [-0.05, 0) is 38.5 Å². The highest BCUT2D eigenvalue weighted by Crippen LogP contribution is 2.33. The second-order valence-corrected chi connectivity index (χ2v) is 5.45. The van der Waals surface area contributed by atoms with Crippen LogP contribution >= 0.6 is 11.6 Å². The molecule has 1 fully saturated rings. The van der Waals surface area contributed by atoms with Crippen LogP contribution in [-0.2, 0) is 4.79 Å². The van der Waals surface area contributed by atoms with Gasteiger partial charge in [0.05, 0.1) is 6.54 Å². The van der Waals surface area contributed by atoms with E-state index in [1.807, 2.05) is 25.1 Å². The van der Waals surface area contributed by atoms with Gasteiger partial charge in [0.1, 0.15) is 0 Å². The van der Waals surface area contributed by atoms with E-state index in [0.717, 1.165) is 16.3 Å². The molecule has 86 valence electrons. The number of ketones is 1. The van der Waals surface area contributed by atoms with E-state index in [1.54, 1.807) is 0 Å². The third kappa shape index (κ3) is 1.94. The zero-order chi connectivity index (χ0) is 11.9. The number of hydrogen-bond donors (Lipinski definition) is 0. The van der Waals surface area contributed by atoms with Crippen molar-refractivity contribution in [3.63, 3.8) is 0 Å². The minimum atomic E-state index is -0.102. The van der Waals surface area contributed by atoms with E-state index in [0.29, 0.717) is 18.7 Å². The molecule has 0 N–H and O–H groups in total. The van der Waals surface area contributed by atoms with E-state index < -0.39 is 0 Å². The van der Waals surface area contributed by atoms with E-state index in [4.69, 9.17) is 11.6 Å². The Morgan fingerprint density at radius 2 is 2.06 bits per heavy atom. The van der Waals surface area contributed by atoms with Crippen molar-refractivity contribution in [2.45, 2.75) is 32.7 Å². The van der Waals surface area contributed by atoms with Crippen LogP contribution in [0.5, 0.6) is 0 Å². The van der Waals surface area contributed by atoms with Crippen LogP contribution in [0, 0.1) is 6.92 Å². The summed E-state index contributed by atoms with van der Waals surface area (Å²) < 4.78 is 0. The van der Waals surface area contributed by atoms with Gasteiger partial charge in [0, 0.05) is 22.7 Å². The second-order valence-electron chi connectivity index (χ2n) is 5.05. The summed E-state index contributed by atoms with van der Waals surface area (Å²) in [5, 5.41) is 0.757. The molecule has 0 atom stereocenters. The first-order chi connectivity index (χ1) is 7.40.